The third-order valence-corrected chi connectivity index (χ3v) is 3.72. The topological polar surface area (TPSA) is 30.2 Å². The van der Waals surface area contributed by atoms with Gasteiger partial charge in [0.1, 0.15) is 11.3 Å². The van der Waals surface area contributed by atoms with Gasteiger partial charge in [0, 0.05) is 6.07 Å². The Bertz CT molecular complexity index is 846. The molecule has 1 aromatic heterocycles. The van der Waals surface area contributed by atoms with Crippen LogP contribution in [0.5, 0.6) is 0 Å². The Kier molecular flexibility index (Phi) is 3.28. The Labute approximate surface area is 125 Å². The quantitative estimate of drug-likeness (QED) is 0.628. The van der Waals surface area contributed by atoms with E-state index in [2.05, 4.69) is 0 Å². The molecule has 0 unspecified atom stereocenters. The lowest BCUT2D eigenvalue weighted by Gasteiger charge is -2.07. The minimum atomic E-state index is -0.110. The SMILES string of the molecule is Cc1ccc2oc(-c3c(Cl)cccc3Cl)cc(=O)c2c1. The normalized spacial score (nSPS) is 10.9. The molecule has 0 saturated carbocycles. The third-order valence-electron chi connectivity index (χ3n) is 3.09. The molecule has 2 nitrogen and oxygen atoms in total. The second-order valence-corrected chi connectivity index (χ2v) is 5.39. The van der Waals surface area contributed by atoms with E-state index in [-0.39, 0.29) is 5.43 Å². The van der Waals surface area contributed by atoms with Crippen LogP contribution < -0.4 is 5.43 Å². The van der Waals surface area contributed by atoms with Gasteiger partial charge in [-0.2, -0.15) is 0 Å². The zero-order valence-corrected chi connectivity index (χ0v) is 12.1. The predicted molar refractivity (Wildman–Crippen MR) is 82.7 cm³/mol. The average Bonchev–Trinajstić information content (AvgIpc) is 2.39. The van der Waals surface area contributed by atoms with Crippen molar-refractivity contribution in [2.45, 2.75) is 6.92 Å². The highest BCUT2D eigenvalue weighted by molar-refractivity contribution is 6.39. The van der Waals surface area contributed by atoms with Crippen molar-refractivity contribution >= 4 is 34.2 Å². The summed E-state index contributed by atoms with van der Waals surface area (Å²) in [6, 6.07) is 12.1. The molecular formula is C16H10Cl2O2. The van der Waals surface area contributed by atoms with Crippen LogP contribution in [0.15, 0.2) is 51.7 Å². The molecule has 0 saturated heterocycles. The average molecular weight is 305 g/mol. The van der Waals surface area contributed by atoms with E-state index in [1.54, 1.807) is 30.3 Å². The fourth-order valence-corrected chi connectivity index (χ4v) is 2.71. The number of halogens is 2. The van der Waals surface area contributed by atoms with Gasteiger partial charge in [0.05, 0.1) is 21.0 Å². The maximum absolute atomic E-state index is 12.2. The van der Waals surface area contributed by atoms with E-state index in [1.165, 1.54) is 6.07 Å². The van der Waals surface area contributed by atoms with Crippen molar-refractivity contribution in [2.24, 2.45) is 0 Å². The van der Waals surface area contributed by atoms with Gasteiger partial charge in [-0.3, -0.25) is 4.79 Å². The Morgan fingerprint density at radius 1 is 1.00 bits per heavy atom. The van der Waals surface area contributed by atoms with Crippen LogP contribution in [0.4, 0.5) is 0 Å². The molecule has 0 N–H and O–H groups in total. The molecule has 3 aromatic rings. The van der Waals surface area contributed by atoms with Crippen LogP contribution in [-0.4, -0.2) is 0 Å². The number of aryl methyl sites for hydroxylation is 1. The zero-order chi connectivity index (χ0) is 14.3. The molecule has 0 aliphatic carbocycles. The molecule has 0 spiro atoms. The standard InChI is InChI=1S/C16H10Cl2O2/c1-9-5-6-14-10(7-9)13(19)8-15(20-14)16-11(17)3-2-4-12(16)18/h2-8H,1H3. The second-order valence-electron chi connectivity index (χ2n) is 4.57. The number of benzene rings is 2. The first-order valence-corrected chi connectivity index (χ1v) is 6.81. The highest BCUT2D eigenvalue weighted by atomic mass is 35.5. The summed E-state index contributed by atoms with van der Waals surface area (Å²) in [7, 11) is 0. The van der Waals surface area contributed by atoms with Crippen molar-refractivity contribution in [3.8, 4) is 11.3 Å². The van der Waals surface area contributed by atoms with Crippen molar-refractivity contribution in [1.82, 2.24) is 0 Å². The first-order valence-electron chi connectivity index (χ1n) is 6.05. The Balaban J connectivity index is 2.34. The molecule has 20 heavy (non-hydrogen) atoms. The molecule has 0 amide bonds. The van der Waals surface area contributed by atoms with Crippen LogP contribution in [0.2, 0.25) is 10.0 Å². The smallest absolute Gasteiger partial charge is 0.193 e. The Hall–Kier alpha value is -1.77. The lowest BCUT2D eigenvalue weighted by molar-refractivity contribution is 0.619. The van der Waals surface area contributed by atoms with E-state index in [4.69, 9.17) is 27.6 Å². The van der Waals surface area contributed by atoms with Gasteiger partial charge in [-0.15, -0.1) is 0 Å². The van der Waals surface area contributed by atoms with Crippen molar-refractivity contribution in [1.29, 1.82) is 0 Å². The molecule has 100 valence electrons. The highest BCUT2D eigenvalue weighted by Crippen LogP contribution is 2.34. The van der Waals surface area contributed by atoms with E-state index in [1.807, 2.05) is 13.0 Å². The second kappa shape index (κ2) is 4.97. The fourth-order valence-electron chi connectivity index (χ4n) is 2.13. The van der Waals surface area contributed by atoms with Gasteiger partial charge in [0.2, 0.25) is 0 Å². The molecule has 2 aromatic carbocycles. The van der Waals surface area contributed by atoms with E-state index < -0.39 is 0 Å². The van der Waals surface area contributed by atoms with Gasteiger partial charge in [0.25, 0.3) is 0 Å². The van der Waals surface area contributed by atoms with Crippen LogP contribution in [0, 0.1) is 6.92 Å². The number of hydrogen-bond acceptors (Lipinski definition) is 2. The van der Waals surface area contributed by atoms with E-state index in [9.17, 15) is 4.79 Å². The predicted octanol–water partition coefficient (Wildman–Crippen LogP) is 5.08. The summed E-state index contributed by atoms with van der Waals surface area (Å²) >= 11 is 12.3. The van der Waals surface area contributed by atoms with Crippen molar-refractivity contribution in [2.75, 3.05) is 0 Å². The molecule has 0 fully saturated rings. The molecule has 0 aliphatic rings. The van der Waals surface area contributed by atoms with Crippen LogP contribution in [0.1, 0.15) is 5.56 Å². The first kappa shape index (κ1) is 13.2. The monoisotopic (exact) mass is 304 g/mol. The molecular weight excluding hydrogens is 295 g/mol. The summed E-state index contributed by atoms with van der Waals surface area (Å²) in [5.74, 6) is 0.377. The molecule has 4 heteroatoms. The van der Waals surface area contributed by atoms with Gasteiger partial charge < -0.3 is 4.42 Å². The summed E-state index contributed by atoms with van der Waals surface area (Å²) in [6.07, 6.45) is 0. The summed E-state index contributed by atoms with van der Waals surface area (Å²) in [5.41, 5.74) is 1.96. The van der Waals surface area contributed by atoms with Crippen LogP contribution in [-0.2, 0) is 0 Å². The van der Waals surface area contributed by atoms with Gasteiger partial charge in [-0.05, 0) is 31.2 Å². The van der Waals surface area contributed by atoms with Gasteiger partial charge in [-0.25, -0.2) is 0 Å². The number of rotatable bonds is 1. The van der Waals surface area contributed by atoms with Crippen LogP contribution in [0.25, 0.3) is 22.3 Å². The van der Waals surface area contributed by atoms with Crippen LogP contribution >= 0.6 is 23.2 Å². The molecule has 0 radical (unpaired) electrons. The third kappa shape index (κ3) is 2.21. The van der Waals surface area contributed by atoms with E-state index >= 15 is 0 Å². The summed E-state index contributed by atoms with van der Waals surface area (Å²) in [4.78, 5) is 12.2. The Morgan fingerprint density at radius 3 is 2.40 bits per heavy atom. The highest BCUT2D eigenvalue weighted by Gasteiger charge is 2.13. The van der Waals surface area contributed by atoms with Gasteiger partial charge >= 0.3 is 0 Å². The minimum absolute atomic E-state index is 0.110. The number of hydrogen-bond donors (Lipinski definition) is 0. The number of fused-ring (bicyclic) bond motifs is 1. The molecule has 0 atom stereocenters. The van der Waals surface area contributed by atoms with E-state index in [0.717, 1.165) is 5.56 Å². The lowest BCUT2D eigenvalue weighted by Crippen LogP contribution is -2.01. The lowest BCUT2D eigenvalue weighted by atomic mass is 10.1. The summed E-state index contributed by atoms with van der Waals surface area (Å²) < 4.78 is 5.78. The van der Waals surface area contributed by atoms with E-state index in [0.29, 0.717) is 32.3 Å². The van der Waals surface area contributed by atoms with Crippen LogP contribution in [0.3, 0.4) is 0 Å². The van der Waals surface area contributed by atoms with Crippen molar-refractivity contribution in [3.63, 3.8) is 0 Å². The molecule has 0 aliphatic heterocycles. The van der Waals surface area contributed by atoms with Gasteiger partial charge in [0.15, 0.2) is 5.43 Å². The molecule has 0 bridgehead atoms. The minimum Gasteiger partial charge on any atom is -0.456 e. The van der Waals surface area contributed by atoms with Crippen molar-refractivity contribution < 1.29 is 4.42 Å². The van der Waals surface area contributed by atoms with Gasteiger partial charge in [-0.1, -0.05) is 40.9 Å². The maximum atomic E-state index is 12.2. The summed E-state index contributed by atoms with van der Waals surface area (Å²) in [5, 5.41) is 1.45. The van der Waals surface area contributed by atoms with Crippen molar-refractivity contribution in [3.05, 3.63) is 68.3 Å². The largest absolute Gasteiger partial charge is 0.456 e. The first-order chi connectivity index (χ1) is 9.56. The Morgan fingerprint density at radius 2 is 1.70 bits per heavy atom. The maximum Gasteiger partial charge on any atom is 0.193 e. The molecule has 1 heterocycles. The zero-order valence-electron chi connectivity index (χ0n) is 10.6. The summed E-state index contributed by atoms with van der Waals surface area (Å²) in [6.45, 7) is 1.93. The molecule has 3 rings (SSSR count). The fraction of sp³-hybridized carbons (Fsp3) is 0.0625.